The second-order valence-corrected chi connectivity index (χ2v) is 5.56. The average molecular weight is 267 g/mol. The zero-order valence-electron chi connectivity index (χ0n) is 12.0. The molecule has 1 rings (SSSR count). The number of nitrogens with one attached hydrogen (secondary N) is 1. The molecule has 1 aromatic heterocycles. The molecule has 6 nitrogen and oxygen atoms in total. The molecule has 19 heavy (non-hydrogen) atoms. The van der Waals surface area contributed by atoms with Gasteiger partial charge < -0.3 is 16.3 Å². The third-order valence-electron chi connectivity index (χ3n) is 3.29. The van der Waals surface area contributed by atoms with Crippen LogP contribution in [0, 0.1) is 5.41 Å². The number of amidine groups is 1. The summed E-state index contributed by atoms with van der Waals surface area (Å²) in [7, 11) is 0. The van der Waals surface area contributed by atoms with Crippen LogP contribution in [0.15, 0.2) is 23.6 Å². The predicted octanol–water partition coefficient (Wildman–Crippen LogP) is 1.41. The SMILES string of the molecule is CC(Cn1cccn1)NCCCC(C)(C)C(N)=NO. The lowest BCUT2D eigenvalue weighted by molar-refractivity contribution is 0.304. The van der Waals surface area contributed by atoms with Gasteiger partial charge in [0, 0.05) is 23.9 Å². The van der Waals surface area contributed by atoms with Gasteiger partial charge in [0.25, 0.3) is 0 Å². The van der Waals surface area contributed by atoms with E-state index in [1.54, 1.807) is 6.20 Å². The van der Waals surface area contributed by atoms with Gasteiger partial charge in [-0.1, -0.05) is 19.0 Å². The van der Waals surface area contributed by atoms with Crippen molar-refractivity contribution < 1.29 is 5.21 Å². The molecule has 0 bridgehead atoms. The third kappa shape index (κ3) is 5.30. The van der Waals surface area contributed by atoms with E-state index in [0.29, 0.717) is 6.04 Å². The van der Waals surface area contributed by atoms with E-state index in [2.05, 4.69) is 22.5 Å². The van der Waals surface area contributed by atoms with Gasteiger partial charge in [-0.25, -0.2) is 0 Å². The van der Waals surface area contributed by atoms with Crippen molar-refractivity contribution in [3.8, 4) is 0 Å². The van der Waals surface area contributed by atoms with E-state index in [1.807, 2.05) is 30.8 Å². The molecule has 0 aliphatic heterocycles. The van der Waals surface area contributed by atoms with Gasteiger partial charge in [-0.3, -0.25) is 4.68 Å². The molecular formula is C13H25N5O. The lowest BCUT2D eigenvalue weighted by Crippen LogP contribution is -2.34. The van der Waals surface area contributed by atoms with E-state index in [9.17, 15) is 0 Å². The first kappa shape index (κ1) is 15.5. The number of oxime groups is 1. The minimum absolute atomic E-state index is 0.262. The van der Waals surface area contributed by atoms with E-state index in [-0.39, 0.29) is 11.3 Å². The van der Waals surface area contributed by atoms with Crippen molar-refractivity contribution in [1.82, 2.24) is 15.1 Å². The van der Waals surface area contributed by atoms with Crippen molar-refractivity contribution in [2.24, 2.45) is 16.3 Å². The second kappa shape index (κ2) is 7.13. The summed E-state index contributed by atoms with van der Waals surface area (Å²) < 4.78 is 1.91. The maximum absolute atomic E-state index is 8.70. The van der Waals surface area contributed by atoms with E-state index >= 15 is 0 Å². The Morgan fingerprint density at radius 2 is 2.32 bits per heavy atom. The zero-order chi connectivity index (χ0) is 14.3. The first-order chi connectivity index (χ1) is 8.95. The average Bonchev–Trinajstić information content (AvgIpc) is 2.86. The van der Waals surface area contributed by atoms with Crippen molar-refractivity contribution >= 4 is 5.84 Å². The molecule has 1 atom stereocenters. The minimum atomic E-state index is -0.262. The smallest absolute Gasteiger partial charge is 0.144 e. The Hall–Kier alpha value is -1.56. The summed E-state index contributed by atoms with van der Waals surface area (Å²) in [6.45, 7) is 7.86. The van der Waals surface area contributed by atoms with Gasteiger partial charge in [0.05, 0.1) is 6.54 Å². The largest absolute Gasteiger partial charge is 0.409 e. The van der Waals surface area contributed by atoms with Crippen LogP contribution < -0.4 is 11.1 Å². The summed E-state index contributed by atoms with van der Waals surface area (Å²) >= 11 is 0. The first-order valence-corrected chi connectivity index (χ1v) is 6.64. The number of nitrogens with two attached hydrogens (primary N) is 1. The van der Waals surface area contributed by atoms with Gasteiger partial charge in [0.1, 0.15) is 5.84 Å². The van der Waals surface area contributed by atoms with Crippen molar-refractivity contribution in [3.63, 3.8) is 0 Å². The molecule has 0 saturated heterocycles. The fourth-order valence-electron chi connectivity index (χ4n) is 1.90. The van der Waals surface area contributed by atoms with Crippen molar-refractivity contribution in [3.05, 3.63) is 18.5 Å². The van der Waals surface area contributed by atoms with Crippen LogP contribution in [0.4, 0.5) is 0 Å². The Bertz CT molecular complexity index is 386. The zero-order valence-corrected chi connectivity index (χ0v) is 12.0. The number of aromatic nitrogens is 2. The molecule has 0 aliphatic carbocycles. The summed E-state index contributed by atoms with van der Waals surface area (Å²) in [6.07, 6.45) is 5.60. The molecule has 1 aromatic rings. The maximum atomic E-state index is 8.70. The highest BCUT2D eigenvalue weighted by Crippen LogP contribution is 2.21. The Morgan fingerprint density at radius 3 is 2.89 bits per heavy atom. The fourth-order valence-corrected chi connectivity index (χ4v) is 1.90. The lowest BCUT2D eigenvalue weighted by Gasteiger charge is -2.23. The van der Waals surface area contributed by atoms with E-state index < -0.39 is 0 Å². The van der Waals surface area contributed by atoms with Gasteiger partial charge in [-0.05, 0) is 32.4 Å². The fraction of sp³-hybridized carbons (Fsp3) is 0.692. The van der Waals surface area contributed by atoms with Crippen molar-refractivity contribution in [1.29, 1.82) is 0 Å². The summed E-state index contributed by atoms with van der Waals surface area (Å²) in [6, 6.07) is 2.29. The molecule has 0 fully saturated rings. The molecule has 0 aliphatic rings. The molecule has 108 valence electrons. The summed E-state index contributed by atoms with van der Waals surface area (Å²) in [5, 5.41) is 19.4. The van der Waals surface area contributed by atoms with Gasteiger partial charge in [0.15, 0.2) is 0 Å². The number of rotatable bonds is 8. The predicted molar refractivity (Wildman–Crippen MR) is 76.1 cm³/mol. The number of hydrogen-bond donors (Lipinski definition) is 3. The molecule has 1 unspecified atom stereocenters. The lowest BCUT2D eigenvalue weighted by atomic mass is 9.86. The molecule has 4 N–H and O–H groups in total. The normalized spacial score (nSPS) is 14.6. The topological polar surface area (TPSA) is 88.5 Å². The van der Waals surface area contributed by atoms with Gasteiger partial charge in [-0.15, -0.1) is 0 Å². The highest BCUT2D eigenvalue weighted by molar-refractivity contribution is 5.85. The van der Waals surface area contributed by atoms with Crippen LogP contribution in [0.25, 0.3) is 0 Å². The second-order valence-electron chi connectivity index (χ2n) is 5.56. The molecule has 0 aromatic carbocycles. The highest BCUT2D eigenvalue weighted by atomic mass is 16.4. The first-order valence-electron chi connectivity index (χ1n) is 6.64. The van der Waals surface area contributed by atoms with E-state index in [0.717, 1.165) is 25.9 Å². The Morgan fingerprint density at radius 1 is 1.58 bits per heavy atom. The van der Waals surface area contributed by atoms with Crippen LogP contribution in [-0.4, -0.2) is 33.4 Å². The van der Waals surface area contributed by atoms with Crippen LogP contribution >= 0.6 is 0 Å². The highest BCUT2D eigenvalue weighted by Gasteiger charge is 2.22. The van der Waals surface area contributed by atoms with Gasteiger partial charge in [0.2, 0.25) is 0 Å². The molecule has 6 heteroatoms. The van der Waals surface area contributed by atoms with Crippen molar-refractivity contribution in [2.75, 3.05) is 6.54 Å². The van der Waals surface area contributed by atoms with Crippen LogP contribution in [0.1, 0.15) is 33.6 Å². The van der Waals surface area contributed by atoms with Gasteiger partial charge in [-0.2, -0.15) is 5.10 Å². The van der Waals surface area contributed by atoms with Crippen LogP contribution in [-0.2, 0) is 6.54 Å². The molecule has 0 spiro atoms. The van der Waals surface area contributed by atoms with E-state index in [4.69, 9.17) is 10.9 Å². The van der Waals surface area contributed by atoms with Crippen LogP contribution in [0.5, 0.6) is 0 Å². The Balaban J connectivity index is 2.20. The number of nitrogens with zero attached hydrogens (tertiary/aromatic N) is 3. The summed E-state index contributed by atoms with van der Waals surface area (Å²) in [4.78, 5) is 0. The maximum Gasteiger partial charge on any atom is 0.144 e. The van der Waals surface area contributed by atoms with Gasteiger partial charge >= 0.3 is 0 Å². The monoisotopic (exact) mass is 267 g/mol. The van der Waals surface area contributed by atoms with E-state index in [1.165, 1.54) is 0 Å². The standard InChI is InChI=1S/C13H25N5O/c1-11(10-18-9-5-8-16-18)15-7-4-6-13(2,3)12(14)17-19/h5,8-9,11,15,19H,4,6-7,10H2,1-3H3,(H2,14,17). The van der Waals surface area contributed by atoms with Crippen LogP contribution in [0.3, 0.4) is 0 Å². The summed E-state index contributed by atoms with van der Waals surface area (Å²) in [5.41, 5.74) is 5.39. The number of hydrogen-bond acceptors (Lipinski definition) is 4. The molecular weight excluding hydrogens is 242 g/mol. The Labute approximate surface area is 114 Å². The van der Waals surface area contributed by atoms with Crippen molar-refractivity contribution in [2.45, 2.75) is 46.2 Å². The molecule has 0 amide bonds. The third-order valence-corrected chi connectivity index (χ3v) is 3.29. The molecule has 0 saturated carbocycles. The summed E-state index contributed by atoms with van der Waals surface area (Å²) in [5.74, 6) is 0.289. The quantitative estimate of drug-likeness (QED) is 0.218. The minimum Gasteiger partial charge on any atom is -0.409 e. The van der Waals surface area contributed by atoms with Crippen LogP contribution in [0.2, 0.25) is 0 Å². The molecule has 0 radical (unpaired) electrons. The Kier molecular flexibility index (Phi) is 5.82. The molecule has 1 heterocycles.